The average molecular weight is 536 g/mol. The number of para-hydroxylation sites is 1. The van der Waals surface area contributed by atoms with Crippen LogP contribution in [0.5, 0.6) is 0 Å². The second-order valence-corrected chi connectivity index (χ2v) is 7.73. The van der Waals surface area contributed by atoms with Gasteiger partial charge in [-0.25, -0.2) is 0 Å². The van der Waals surface area contributed by atoms with E-state index in [4.69, 9.17) is 21.3 Å². The van der Waals surface area contributed by atoms with Crippen LogP contribution in [0.2, 0.25) is 5.02 Å². The van der Waals surface area contributed by atoms with Gasteiger partial charge in [0.1, 0.15) is 0 Å². The lowest BCUT2D eigenvalue weighted by molar-refractivity contribution is 0.0373. The smallest absolute Gasteiger partial charge is 0.194 e. The molecule has 6 nitrogen and oxygen atoms in total. The van der Waals surface area contributed by atoms with E-state index in [9.17, 15) is 0 Å². The number of ether oxygens (including phenoxy) is 1. The number of anilines is 1. The zero-order valence-electron chi connectivity index (χ0n) is 17.5. The van der Waals surface area contributed by atoms with E-state index < -0.39 is 0 Å². The highest BCUT2D eigenvalue weighted by molar-refractivity contribution is 14.0. The van der Waals surface area contributed by atoms with Gasteiger partial charge in [-0.15, -0.1) is 24.0 Å². The Balaban J connectivity index is 0.00000300. The molecule has 0 saturated carbocycles. The number of guanidine groups is 1. The second-order valence-electron chi connectivity index (χ2n) is 7.32. The fraction of sp³-hybridized carbons (Fsp3) is 0.667. The zero-order valence-corrected chi connectivity index (χ0v) is 20.6. The van der Waals surface area contributed by atoms with Crippen LogP contribution >= 0.6 is 35.6 Å². The molecule has 8 heteroatoms. The molecular formula is C21H35ClIN5O. The number of unbranched alkanes of at least 4 members (excludes halogenated alkanes) is 1. The van der Waals surface area contributed by atoms with Crippen molar-refractivity contribution in [3.63, 3.8) is 0 Å². The van der Waals surface area contributed by atoms with E-state index in [1.807, 2.05) is 12.1 Å². The molecule has 29 heavy (non-hydrogen) atoms. The van der Waals surface area contributed by atoms with E-state index in [2.05, 4.69) is 39.1 Å². The van der Waals surface area contributed by atoms with Crippen LogP contribution in [0, 0.1) is 0 Å². The maximum Gasteiger partial charge on any atom is 0.194 e. The molecule has 0 aromatic heterocycles. The number of morpholine rings is 1. The van der Waals surface area contributed by atoms with E-state index in [1.54, 1.807) is 0 Å². The van der Waals surface area contributed by atoms with Crippen molar-refractivity contribution in [1.29, 1.82) is 0 Å². The molecule has 2 fully saturated rings. The predicted molar refractivity (Wildman–Crippen MR) is 133 cm³/mol. The Bertz CT molecular complexity index is 619. The number of nitrogens with zero attached hydrogens (tertiary/aromatic N) is 4. The van der Waals surface area contributed by atoms with Gasteiger partial charge in [0.2, 0.25) is 0 Å². The molecule has 0 bridgehead atoms. The summed E-state index contributed by atoms with van der Waals surface area (Å²) in [5.41, 5.74) is 1.13. The van der Waals surface area contributed by atoms with Crippen molar-refractivity contribution in [2.45, 2.75) is 19.8 Å². The normalized spacial score (nSPS) is 18.5. The monoisotopic (exact) mass is 535 g/mol. The number of hydrogen-bond acceptors (Lipinski definition) is 4. The molecule has 1 aromatic rings. The Hall–Kier alpha value is -0.770. The van der Waals surface area contributed by atoms with Crippen LogP contribution in [0.15, 0.2) is 29.3 Å². The molecule has 0 unspecified atom stereocenters. The minimum absolute atomic E-state index is 0. The SMILES string of the molecule is CCNC(=NCCCCN1CCOCC1)N1CCN(c2ccccc2Cl)CC1.I. The highest BCUT2D eigenvalue weighted by Crippen LogP contribution is 2.26. The first-order chi connectivity index (χ1) is 13.8. The summed E-state index contributed by atoms with van der Waals surface area (Å²) in [5, 5.41) is 4.29. The third-order valence-electron chi connectivity index (χ3n) is 5.35. The highest BCUT2D eigenvalue weighted by atomic mass is 127. The minimum Gasteiger partial charge on any atom is -0.379 e. The second kappa shape index (κ2) is 13.5. The van der Waals surface area contributed by atoms with Crippen molar-refractivity contribution in [1.82, 2.24) is 15.1 Å². The lowest BCUT2D eigenvalue weighted by atomic mass is 10.2. The summed E-state index contributed by atoms with van der Waals surface area (Å²) in [6, 6.07) is 8.10. The third-order valence-corrected chi connectivity index (χ3v) is 5.67. The highest BCUT2D eigenvalue weighted by Gasteiger charge is 2.21. The lowest BCUT2D eigenvalue weighted by Gasteiger charge is -2.38. The Morgan fingerprint density at radius 2 is 1.79 bits per heavy atom. The van der Waals surface area contributed by atoms with Gasteiger partial charge in [-0.05, 0) is 38.4 Å². The Kier molecular flexibility index (Phi) is 11.4. The van der Waals surface area contributed by atoms with Crippen LogP contribution in [0.4, 0.5) is 5.69 Å². The summed E-state index contributed by atoms with van der Waals surface area (Å²) < 4.78 is 5.41. The van der Waals surface area contributed by atoms with Crippen molar-refractivity contribution in [3.05, 3.63) is 29.3 Å². The van der Waals surface area contributed by atoms with Crippen molar-refractivity contribution in [2.75, 3.05) is 77.0 Å². The van der Waals surface area contributed by atoms with E-state index in [0.717, 1.165) is 95.2 Å². The largest absolute Gasteiger partial charge is 0.379 e. The first kappa shape index (κ1) is 24.5. The van der Waals surface area contributed by atoms with Gasteiger partial charge in [0, 0.05) is 52.4 Å². The van der Waals surface area contributed by atoms with Crippen LogP contribution < -0.4 is 10.2 Å². The standard InChI is InChI=1S/C21H34ClN5O.HI/c1-2-23-21(24-9-5-6-10-25-15-17-28-18-16-25)27-13-11-26(12-14-27)20-8-4-3-7-19(20)22;/h3-4,7-8H,2,5-6,9-18H2,1H3,(H,23,24);1H. The van der Waals surface area contributed by atoms with Crippen molar-refractivity contribution < 1.29 is 4.74 Å². The number of nitrogens with one attached hydrogen (secondary N) is 1. The van der Waals surface area contributed by atoms with Crippen LogP contribution in [-0.2, 0) is 4.74 Å². The average Bonchev–Trinajstić information content (AvgIpc) is 2.74. The Morgan fingerprint density at radius 3 is 2.48 bits per heavy atom. The van der Waals surface area contributed by atoms with E-state index in [0.29, 0.717) is 0 Å². The summed E-state index contributed by atoms with van der Waals surface area (Å²) in [7, 11) is 0. The van der Waals surface area contributed by atoms with Crippen LogP contribution in [-0.4, -0.2) is 87.9 Å². The maximum atomic E-state index is 6.36. The Morgan fingerprint density at radius 1 is 1.07 bits per heavy atom. The van der Waals surface area contributed by atoms with Gasteiger partial charge in [0.15, 0.2) is 5.96 Å². The van der Waals surface area contributed by atoms with E-state index in [-0.39, 0.29) is 24.0 Å². The number of rotatable bonds is 7. The quantitative estimate of drug-likeness (QED) is 0.252. The fourth-order valence-electron chi connectivity index (χ4n) is 3.75. The summed E-state index contributed by atoms with van der Waals surface area (Å²) in [6.45, 7) is 12.8. The molecule has 2 saturated heterocycles. The molecule has 0 radical (unpaired) electrons. The molecule has 0 atom stereocenters. The number of piperazine rings is 1. The van der Waals surface area contributed by atoms with Gasteiger partial charge in [-0.2, -0.15) is 0 Å². The van der Waals surface area contributed by atoms with Gasteiger partial charge in [-0.3, -0.25) is 9.89 Å². The predicted octanol–water partition coefficient (Wildman–Crippen LogP) is 3.16. The van der Waals surface area contributed by atoms with Gasteiger partial charge in [0.25, 0.3) is 0 Å². The van der Waals surface area contributed by atoms with Gasteiger partial charge >= 0.3 is 0 Å². The zero-order chi connectivity index (χ0) is 19.6. The van der Waals surface area contributed by atoms with Crippen LogP contribution in [0.1, 0.15) is 19.8 Å². The summed E-state index contributed by atoms with van der Waals surface area (Å²) in [4.78, 5) is 12.1. The number of aliphatic imine (C=N–C) groups is 1. The minimum atomic E-state index is 0. The molecule has 0 spiro atoms. The molecule has 0 amide bonds. The molecule has 164 valence electrons. The molecule has 2 aliphatic rings. The van der Waals surface area contributed by atoms with Crippen LogP contribution in [0.3, 0.4) is 0 Å². The molecule has 1 N–H and O–H groups in total. The maximum absolute atomic E-state index is 6.36. The van der Waals surface area contributed by atoms with E-state index in [1.165, 1.54) is 6.42 Å². The molecule has 1 aromatic carbocycles. The van der Waals surface area contributed by atoms with Crippen LogP contribution in [0.25, 0.3) is 0 Å². The lowest BCUT2D eigenvalue weighted by Crippen LogP contribution is -2.52. The molecule has 0 aliphatic carbocycles. The van der Waals surface area contributed by atoms with Crippen molar-refractivity contribution in [3.8, 4) is 0 Å². The Labute approximate surface area is 197 Å². The number of hydrogen-bond donors (Lipinski definition) is 1. The first-order valence-electron chi connectivity index (χ1n) is 10.6. The molecule has 2 aliphatic heterocycles. The summed E-state index contributed by atoms with van der Waals surface area (Å²) >= 11 is 6.36. The van der Waals surface area contributed by atoms with Gasteiger partial charge in [-0.1, -0.05) is 23.7 Å². The summed E-state index contributed by atoms with van der Waals surface area (Å²) in [6.07, 6.45) is 2.33. The number of benzene rings is 1. The fourth-order valence-corrected chi connectivity index (χ4v) is 4.01. The molecule has 2 heterocycles. The van der Waals surface area contributed by atoms with Gasteiger partial charge in [0.05, 0.1) is 23.9 Å². The topological polar surface area (TPSA) is 43.3 Å². The third kappa shape index (κ3) is 7.77. The van der Waals surface area contributed by atoms with Crippen molar-refractivity contribution in [2.24, 2.45) is 4.99 Å². The van der Waals surface area contributed by atoms with Crippen molar-refractivity contribution >= 4 is 47.2 Å². The molecule has 3 rings (SSSR count). The first-order valence-corrected chi connectivity index (χ1v) is 11.0. The van der Waals surface area contributed by atoms with E-state index >= 15 is 0 Å². The summed E-state index contributed by atoms with van der Waals surface area (Å²) in [5.74, 6) is 1.05. The van der Waals surface area contributed by atoms with Gasteiger partial charge < -0.3 is 19.9 Å². The number of halogens is 2. The molecular weight excluding hydrogens is 501 g/mol.